The number of hydrogen-bond donors (Lipinski definition) is 0. The highest BCUT2D eigenvalue weighted by atomic mass is 16.5. The minimum atomic E-state index is 0.572. The van der Waals surface area contributed by atoms with Crippen LogP contribution in [0.25, 0.3) is 0 Å². The lowest BCUT2D eigenvalue weighted by atomic mass is 9.65. The molecule has 0 N–H and O–H groups in total. The van der Waals surface area contributed by atoms with E-state index in [0.717, 1.165) is 42.1 Å². The Hall–Kier alpha value is -0.820. The van der Waals surface area contributed by atoms with Gasteiger partial charge < -0.3 is 4.74 Å². The number of ether oxygens (including phenoxy) is 1. The summed E-state index contributed by atoms with van der Waals surface area (Å²) in [5.41, 5.74) is 1.54. The normalized spacial score (nSPS) is 36.3. The molecule has 0 saturated heterocycles. The molecule has 0 radical (unpaired) electrons. The predicted molar refractivity (Wildman–Crippen MR) is 128 cm³/mol. The van der Waals surface area contributed by atoms with E-state index in [1.54, 1.807) is 0 Å². The third-order valence-electron chi connectivity index (χ3n) is 9.22. The molecule has 30 heavy (non-hydrogen) atoms. The Morgan fingerprint density at radius 1 is 0.700 bits per heavy atom. The van der Waals surface area contributed by atoms with Crippen LogP contribution in [0.15, 0.2) is 30.3 Å². The quantitative estimate of drug-likeness (QED) is 0.438. The monoisotopic (exact) mass is 410 g/mol. The Balaban J connectivity index is 1.15. The van der Waals surface area contributed by atoms with Gasteiger partial charge in [0.25, 0.3) is 0 Å². The predicted octanol–water partition coefficient (Wildman–Crippen LogP) is 8.39. The second-order valence-corrected chi connectivity index (χ2v) is 11.0. The van der Waals surface area contributed by atoms with Gasteiger partial charge in [0.1, 0.15) is 0 Å². The first-order chi connectivity index (χ1) is 14.7. The molecule has 0 amide bonds. The zero-order valence-electron chi connectivity index (χ0n) is 19.7. The molecular weight excluding hydrogens is 364 g/mol. The SMILES string of the molecule is CCOC1CCC(C2CCC(C3CCC(C[C@@H](C)c4ccccc4)CC3)CC2)CC1. The fourth-order valence-electron chi connectivity index (χ4n) is 7.36. The van der Waals surface area contributed by atoms with Gasteiger partial charge in [-0.25, -0.2) is 0 Å². The molecule has 4 rings (SSSR count). The molecule has 0 aromatic heterocycles. The summed E-state index contributed by atoms with van der Waals surface area (Å²) < 4.78 is 5.87. The van der Waals surface area contributed by atoms with E-state index in [2.05, 4.69) is 44.2 Å². The first kappa shape index (κ1) is 22.4. The van der Waals surface area contributed by atoms with E-state index in [-0.39, 0.29) is 0 Å². The van der Waals surface area contributed by atoms with Crippen LogP contribution in [0, 0.1) is 29.6 Å². The van der Waals surface area contributed by atoms with Gasteiger partial charge in [-0.2, -0.15) is 0 Å². The van der Waals surface area contributed by atoms with Gasteiger partial charge in [-0.1, -0.05) is 50.1 Å². The summed E-state index contributed by atoms with van der Waals surface area (Å²) in [6, 6.07) is 11.2. The van der Waals surface area contributed by atoms with Crippen molar-refractivity contribution in [1.82, 2.24) is 0 Å². The molecule has 1 atom stereocenters. The lowest BCUT2D eigenvalue weighted by Crippen LogP contribution is -2.31. The van der Waals surface area contributed by atoms with Crippen molar-refractivity contribution in [3.05, 3.63) is 35.9 Å². The molecule has 3 aliphatic rings. The van der Waals surface area contributed by atoms with Gasteiger partial charge in [-0.15, -0.1) is 0 Å². The molecule has 0 heterocycles. The van der Waals surface area contributed by atoms with E-state index in [1.807, 2.05) is 0 Å². The Bertz CT molecular complexity index is 586. The van der Waals surface area contributed by atoms with Gasteiger partial charge in [0.15, 0.2) is 0 Å². The van der Waals surface area contributed by atoms with Crippen LogP contribution in [0.2, 0.25) is 0 Å². The van der Waals surface area contributed by atoms with Crippen molar-refractivity contribution in [1.29, 1.82) is 0 Å². The van der Waals surface area contributed by atoms with Gasteiger partial charge in [0.2, 0.25) is 0 Å². The molecule has 0 spiro atoms. The average Bonchev–Trinajstić information content (AvgIpc) is 2.81. The largest absolute Gasteiger partial charge is 0.379 e. The minimum Gasteiger partial charge on any atom is -0.379 e. The van der Waals surface area contributed by atoms with Gasteiger partial charge in [-0.3, -0.25) is 0 Å². The van der Waals surface area contributed by atoms with E-state index < -0.39 is 0 Å². The smallest absolute Gasteiger partial charge is 0.0575 e. The van der Waals surface area contributed by atoms with Crippen molar-refractivity contribution < 1.29 is 4.74 Å². The summed E-state index contributed by atoms with van der Waals surface area (Å²) in [5, 5.41) is 0. The third kappa shape index (κ3) is 5.90. The van der Waals surface area contributed by atoms with Crippen molar-refractivity contribution in [3.63, 3.8) is 0 Å². The fraction of sp³-hybridized carbons (Fsp3) is 0.793. The van der Waals surface area contributed by atoms with E-state index in [0.29, 0.717) is 6.10 Å². The molecule has 1 heteroatoms. The molecule has 1 aromatic rings. The third-order valence-corrected chi connectivity index (χ3v) is 9.22. The maximum Gasteiger partial charge on any atom is 0.0575 e. The second kappa shape index (κ2) is 11.2. The van der Waals surface area contributed by atoms with Crippen molar-refractivity contribution in [2.45, 2.75) is 109 Å². The lowest BCUT2D eigenvalue weighted by Gasteiger charge is -2.41. The Morgan fingerprint density at radius 3 is 1.67 bits per heavy atom. The van der Waals surface area contributed by atoms with E-state index in [1.165, 1.54) is 89.0 Å². The van der Waals surface area contributed by atoms with Crippen molar-refractivity contribution in [3.8, 4) is 0 Å². The van der Waals surface area contributed by atoms with Crippen molar-refractivity contribution in [2.24, 2.45) is 29.6 Å². The Morgan fingerprint density at radius 2 is 1.17 bits per heavy atom. The molecule has 0 aliphatic heterocycles. The maximum absolute atomic E-state index is 5.87. The molecule has 1 aromatic carbocycles. The zero-order valence-corrected chi connectivity index (χ0v) is 19.7. The van der Waals surface area contributed by atoms with Crippen molar-refractivity contribution >= 4 is 0 Å². The van der Waals surface area contributed by atoms with Crippen LogP contribution in [-0.2, 0) is 4.74 Å². The molecule has 1 nitrogen and oxygen atoms in total. The van der Waals surface area contributed by atoms with Gasteiger partial charge >= 0.3 is 0 Å². The molecule has 168 valence electrons. The molecule has 3 aliphatic carbocycles. The van der Waals surface area contributed by atoms with E-state index >= 15 is 0 Å². The lowest BCUT2D eigenvalue weighted by molar-refractivity contribution is 0.0116. The first-order valence-corrected chi connectivity index (χ1v) is 13.4. The Kier molecular flexibility index (Phi) is 8.33. The number of benzene rings is 1. The highest BCUT2D eigenvalue weighted by Gasteiger charge is 2.35. The van der Waals surface area contributed by atoms with Gasteiger partial charge in [-0.05, 0) is 119 Å². The van der Waals surface area contributed by atoms with E-state index in [4.69, 9.17) is 4.74 Å². The van der Waals surface area contributed by atoms with Gasteiger partial charge in [0, 0.05) is 6.61 Å². The standard InChI is InChI=1S/C29H46O/c1-3-30-29-19-17-28(18-20-29)27-15-13-26(14-16-27)25-11-9-23(10-12-25)21-22(2)24-7-5-4-6-8-24/h4-8,22-23,25-29H,3,9-21H2,1-2H3/t22-,23?,25?,26?,27?,28?,29?/m1/s1. The summed E-state index contributed by atoms with van der Waals surface area (Å²) in [6.45, 7) is 5.48. The summed E-state index contributed by atoms with van der Waals surface area (Å²) in [7, 11) is 0. The van der Waals surface area contributed by atoms with Crippen LogP contribution in [0.5, 0.6) is 0 Å². The van der Waals surface area contributed by atoms with Gasteiger partial charge in [0.05, 0.1) is 6.10 Å². The van der Waals surface area contributed by atoms with Crippen LogP contribution in [0.4, 0.5) is 0 Å². The van der Waals surface area contributed by atoms with E-state index in [9.17, 15) is 0 Å². The minimum absolute atomic E-state index is 0.572. The van der Waals surface area contributed by atoms with Crippen LogP contribution in [-0.4, -0.2) is 12.7 Å². The highest BCUT2D eigenvalue weighted by molar-refractivity contribution is 5.18. The molecule has 3 saturated carbocycles. The highest BCUT2D eigenvalue weighted by Crippen LogP contribution is 2.46. The molecule has 3 fully saturated rings. The van der Waals surface area contributed by atoms with Crippen LogP contribution < -0.4 is 0 Å². The fourth-order valence-corrected chi connectivity index (χ4v) is 7.36. The molecule has 0 bridgehead atoms. The number of hydrogen-bond acceptors (Lipinski definition) is 1. The topological polar surface area (TPSA) is 9.23 Å². The number of rotatable bonds is 7. The zero-order chi connectivity index (χ0) is 20.8. The maximum atomic E-state index is 5.87. The van der Waals surface area contributed by atoms with Crippen molar-refractivity contribution in [2.75, 3.05) is 6.61 Å². The summed E-state index contributed by atoms with van der Waals surface area (Å²) in [6.07, 6.45) is 19.6. The van der Waals surface area contributed by atoms with Crippen LogP contribution >= 0.6 is 0 Å². The summed E-state index contributed by atoms with van der Waals surface area (Å²) in [5.74, 6) is 5.83. The van der Waals surface area contributed by atoms with Crippen LogP contribution in [0.1, 0.15) is 109 Å². The summed E-state index contributed by atoms with van der Waals surface area (Å²) in [4.78, 5) is 0. The first-order valence-electron chi connectivity index (χ1n) is 13.4. The van der Waals surface area contributed by atoms with Crippen LogP contribution in [0.3, 0.4) is 0 Å². The molecular formula is C29H46O. The average molecular weight is 411 g/mol. The molecule has 0 unspecified atom stereocenters. The second-order valence-electron chi connectivity index (χ2n) is 11.0. The Labute approximate surface area is 186 Å². The summed E-state index contributed by atoms with van der Waals surface area (Å²) >= 11 is 0.